The number of nitrogens with zero attached hydrogens (tertiary/aromatic N) is 2. The van der Waals surface area contributed by atoms with Crippen LogP contribution in [0.3, 0.4) is 0 Å². The minimum absolute atomic E-state index is 0.0570. The van der Waals surface area contributed by atoms with Crippen LogP contribution in [-0.2, 0) is 28.9 Å². The highest BCUT2D eigenvalue weighted by Crippen LogP contribution is 2.50. The van der Waals surface area contributed by atoms with Gasteiger partial charge in [0, 0.05) is 43.5 Å². The van der Waals surface area contributed by atoms with Gasteiger partial charge in [-0.05, 0) is 61.7 Å². The summed E-state index contributed by atoms with van der Waals surface area (Å²) in [7, 11) is -3.71. The molecule has 13 nitrogen and oxygen atoms in total. The van der Waals surface area contributed by atoms with E-state index in [2.05, 4.69) is 5.32 Å². The molecule has 272 valence electrons. The number of unbranched alkanes of at least 4 members (excludes halogenated alkanes) is 2. The predicted molar refractivity (Wildman–Crippen MR) is 190 cm³/mol. The lowest BCUT2D eigenvalue weighted by atomic mass is 9.80. The summed E-state index contributed by atoms with van der Waals surface area (Å²) in [6.45, 7) is 3.33. The number of sulfone groups is 1. The number of nitrogens with one attached hydrogen (secondary N) is 2. The summed E-state index contributed by atoms with van der Waals surface area (Å²) in [5, 5.41) is 11.1. The molecule has 0 unspecified atom stereocenters. The summed E-state index contributed by atoms with van der Waals surface area (Å²) in [6, 6.07) is 22.8. The molecule has 0 fully saturated rings. The van der Waals surface area contributed by atoms with E-state index in [0.717, 1.165) is 17.7 Å². The Morgan fingerprint density at radius 2 is 1.71 bits per heavy atom. The average molecular weight is 721 g/mol. The number of rotatable bonds is 18. The lowest BCUT2D eigenvalue weighted by molar-refractivity contribution is -0.129. The molecule has 51 heavy (non-hydrogen) atoms. The summed E-state index contributed by atoms with van der Waals surface area (Å²) >= 11 is 0. The van der Waals surface area contributed by atoms with E-state index in [1.54, 1.807) is 65.0 Å². The maximum absolute atomic E-state index is 14.4. The zero-order valence-electron chi connectivity index (χ0n) is 28.6. The molecule has 14 heteroatoms. The molecule has 0 spiro atoms. The molecule has 2 aliphatic heterocycles. The standard InChI is InChI=1S/C37H44N4O9S/c1-2-23-41-31-15-9-8-14-30(31)33-37(35(41)43,21-26-51(46,47)29-12-5-3-6-13-29)39-34(50-33)27-17-19-28(20-18-27)48-24-11-25-49-36(44)38-22-10-4-7-16-32(42)40-45/h3,5-6,8-9,12-15,17-20,33,45H,2,4,7,10-11,16,21-26H2,1H3,(H,38,44)(H,40,42)/t33-,37-/m0/s1. The molecule has 3 aromatic carbocycles. The number of hydrogen-bond donors (Lipinski definition) is 3. The molecule has 3 aromatic rings. The first-order valence-corrected chi connectivity index (χ1v) is 18.9. The number of anilines is 1. The summed E-state index contributed by atoms with van der Waals surface area (Å²) in [6.07, 6.45) is 2.03. The van der Waals surface area contributed by atoms with Crippen molar-refractivity contribution in [2.24, 2.45) is 4.99 Å². The van der Waals surface area contributed by atoms with Crippen LogP contribution < -0.4 is 20.4 Å². The molecular formula is C37H44N4O9S. The van der Waals surface area contributed by atoms with Crippen molar-refractivity contribution >= 4 is 39.3 Å². The number of alkyl carbamates (subject to hydrolysis) is 1. The third-order valence-electron chi connectivity index (χ3n) is 8.76. The minimum atomic E-state index is -3.71. The molecule has 0 aromatic heterocycles. The number of aliphatic imine (C=N–C) groups is 1. The fourth-order valence-electron chi connectivity index (χ4n) is 6.15. The van der Waals surface area contributed by atoms with E-state index in [4.69, 9.17) is 24.4 Å². The van der Waals surface area contributed by atoms with Crippen LogP contribution in [0.15, 0.2) is 88.8 Å². The lowest BCUT2D eigenvalue weighted by Crippen LogP contribution is -2.55. The molecule has 2 aliphatic rings. The van der Waals surface area contributed by atoms with Crippen molar-refractivity contribution in [1.29, 1.82) is 0 Å². The second kappa shape index (κ2) is 17.3. The molecule has 3 N–H and O–H groups in total. The Morgan fingerprint density at radius 1 is 0.961 bits per heavy atom. The van der Waals surface area contributed by atoms with Crippen molar-refractivity contribution in [1.82, 2.24) is 10.8 Å². The van der Waals surface area contributed by atoms with Crippen LogP contribution in [0.1, 0.15) is 69.1 Å². The average Bonchev–Trinajstić information content (AvgIpc) is 3.56. The Hall–Kier alpha value is -4.95. The molecule has 0 saturated carbocycles. The molecule has 0 saturated heterocycles. The van der Waals surface area contributed by atoms with Crippen molar-refractivity contribution in [3.63, 3.8) is 0 Å². The summed E-state index contributed by atoms with van der Waals surface area (Å²) in [4.78, 5) is 44.1. The summed E-state index contributed by atoms with van der Waals surface area (Å²) < 4.78 is 44.3. The highest BCUT2D eigenvalue weighted by molar-refractivity contribution is 7.91. The van der Waals surface area contributed by atoms with Gasteiger partial charge in [0.25, 0.3) is 5.91 Å². The van der Waals surface area contributed by atoms with E-state index in [0.29, 0.717) is 56.7 Å². The van der Waals surface area contributed by atoms with Crippen molar-refractivity contribution in [3.8, 4) is 5.75 Å². The predicted octanol–water partition coefficient (Wildman–Crippen LogP) is 5.13. The number of ether oxygens (including phenoxy) is 3. The smallest absolute Gasteiger partial charge is 0.407 e. The van der Waals surface area contributed by atoms with E-state index in [9.17, 15) is 22.8 Å². The van der Waals surface area contributed by atoms with Crippen LogP contribution in [0.25, 0.3) is 0 Å². The van der Waals surface area contributed by atoms with Crippen LogP contribution in [0.4, 0.5) is 10.5 Å². The highest BCUT2D eigenvalue weighted by Gasteiger charge is 2.58. The van der Waals surface area contributed by atoms with Gasteiger partial charge in [0.1, 0.15) is 5.75 Å². The third kappa shape index (κ3) is 9.05. The van der Waals surface area contributed by atoms with Crippen LogP contribution in [0, 0.1) is 0 Å². The Labute approximate surface area is 297 Å². The SMILES string of the molecule is CCCN1C(=O)[C@@]2(CCS(=O)(=O)c3ccccc3)N=C(c3ccc(OCCCOC(=O)NCCCCCC(=O)NO)cc3)O[C@H]2c2ccccc21. The molecule has 0 radical (unpaired) electrons. The van der Waals surface area contributed by atoms with Crippen molar-refractivity contribution in [2.75, 3.05) is 37.0 Å². The number of carbonyl (C=O) groups excluding carboxylic acids is 3. The fraction of sp³-hybridized carbons (Fsp3) is 0.405. The van der Waals surface area contributed by atoms with Gasteiger partial charge < -0.3 is 24.4 Å². The normalized spacial score (nSPS) is 17.8. The number of fused-ring (bicyclic) bond motifs is 3. The maximum atomic E-state index is 14.4. The van der Waals surface area contributed by atoms with E-state index < -0.39 is 33.5 Å². The maximum Gasteiger partial charge on any atom is 0.407 e. The zero-order valence-corrected chi connectivity index (χ0v) is 29.4. The number of hydroxylamine groups is 1. The Morgan fingerprint density at radius 3 is 2.45 bits per heavy atom. The fourth-order valence-corrected chi connectivity index (χ4v) is 7.54. The Balaban J connectivity index is 1.21. The molecular weight excluding hydrogens is 676 g/mol. The largest absolute Gasteiger partial charge is 0.493 e. The first kappa shape index (κ1) is 37.3. The van der Waals surface area contributed by atoms with Crippen molar-refractivity contribution in [3.05, 3.63) is 90.0 Å². The van der Waals surface area contributed by atoms with Gasteiger partial charge >= 0.3 is 6.09 Å². The lowest BCUT2D eigenvalue weighted by Gasteiger charge is -2.41. The van der Waals surface area contributed by atoms with E-state index in [1.165, 1.54) is 0 Å². The number of hydrogen-bond acceptors (Lipinski definition) is 10. The van der Waals surface area contributed by atoms with E-state index in [1.807, 2.05) is 31.2 Å². The number of amides is 3. The van der Waals surface area contributed by atoms with E-state index in [-0.39, 0.29) is 41.9 Å². The number of para-hydroxylation sites is 1. The number of carbonyl (C=O) groups is 3. The molecule has 3 amide bonds. The number of benzene rings is 3. The molecule has 2 heterocycles. The van der Waals surface area contributed by atoms with Gasteiger partial charge in [-0.15, -0.1) is 0 Å². The van der Waals surface area contributed by atoms with Crippen LogP contribution >= 0.6 is 0 Å². The Kier molecular flexibility index (Phi) is 12.7. The van der Waals surface area contributed by atoms with Gasteiger partial charge in [-0.1, -0.05) is 49.7 Å². The minimum Gasteiger partial charge on any atom is -0.493 e. The molecule has 0 bridgehead atoms. The van der Waals surface area contributed by atoms with Crippen LogP contribution in [0.5, 0.6) is 5.75 Å². The second-order valence-electron chi connectivity index (χ2n) is 12.4. The van der Waals surface area contributed by atoms with Gasteiger partial charge in [-0.3, -0.25) is 14.8 Å². The summed E-state index contributed by atoms with van der Waals surface area (Å²) in [5.74, 6) is -0.175. The monoisotopic (exact) mass is 720 g/mol. The molecule has 0 aliphatic carbocycles. The van der Waals surface area contributed by atoms with Crippen LogP contribution in [0.2, 0.25) is 0 Å². The van der Waals surface area contributed by atoms with Crippen LogP contribution in [-0.4, -0.2) is 75.0 Å². The van der Waals surface area contributed by atoms with Gasteiger partial charge in [0.15, 0.2) is 21.5 Å². The second-order valence-corrected chi connectivity index (χ2v) is 14.5. The quantitative estimate of drug-likeness (QED) is 0.0916. The first-order chi connectivity index (χ1) is 24.7. The third-order valence-corrected chi connectivity index (χ3v) is 10.5. The van der Waals surface area contributed by atoms with Gasteiger partial charge in [0.05, 0.1) is 29.5 Å². The van der Waals surface area contributed by atoms with Gasteiger partial charge in [-0.2, -0.15) is 0 Å². The van der Waals surface area contributed by atoms with Crippen molar-refractivity contribution in [2.45, 2.75) is 68.4 Å². The van der Waals surface area contributed by atoms with E-state index >= 15 is 0 Å². The van der Waals surface area contributed by atoms with Gasteiger partial charge in [0.2, 0.25) is 11.8 Å². The van der Waals surface area contributed by atoms with Gasteiger partial charge in [-0.25, -0.2) is 23.7 Å². The highest BCUT2D eigenvalue weighted by atomic mass is 32.2. The summed E-state index contributed by atoms with van der Waals surface area (Å²) in [5.41, 5.74) is 2.25. The zero-order chi connectivity index (χ0) is 36.3. The first-order valence-electron chi connectivity index (χ1n) is 17.2. The Bertz CT molecular complexity index is 1800. The topological polar surface area (TPSA) is 173 Å². The van der Waals surface area contributed by atoms with Crippen molar-refractivity contribution < 1.29 is 42.2 Å². The molecule has 2 atom stereocenters. The molecule has 5 rings (SSSR count).